The van der Waals surface area contributed by atoms with E-state index >= 15 is 0 Å². The van der Waals surface area contributed by atoms with Gasteiger partial charge in [0.15, 0.2) is 0 Å². The molecule has 112 valence electrons. The minimum atomic E-state index is -0.109. The van der Waals surface area contributed by atoms with E-state index in [1.54, 1.807) is 0 Å². The van der Waals surface area contributed by atoms with Crippen LogP contribution in [0.4, 0.5) is 0 Å². The molecule has 0 aliphatic carbocycles. The first-order valence-corrected chi connectivity index (χ1v) is 6.11. The Hall–Kier alpha value is -1.30. The number of hydrogen-bond acceptors (Lipinski definition) is 3. The Morgan fingerprint density at radius 3 is 2.75 bits per heavy atom. The van der Waals surface area contributed by atoms with Crippen molar-refractivity contribution in [2.75, 3.05) is 13.1 Å². The number of benzene rings is 1. The molecule has 20 heavy (non-hydrogen) atoms. The third-order valence-electron chi connectivity index (χ3n) is 2.91. The Balaban J connectivity index is 0.00000180. The lowest BCUT2D eigenvalue weighted by Gasteiger charge is -2.07. The number of nitrogens with zero attached hydrogens (tertiary/aromatic N) is 2. The summed E-state index contributed by atoms with van der Waals surface area (Å²) in [6.45, 7) is 3.53. The van der Waals surface area contributed by atoms with Gasteiger partial charge < -0.3 is 15.6 Å². The van der Waals surface area contributed by atoms with Crippen LogP contribution in [0.5, 0.6) is 0 Å². The summed E-state index contributed by atoms with van der Waals surface area (Å²) in [4.78, 5) is 15.5. The molecule has 1 amide bonds. The lowest BCUT2D eigenvalue weighted by molar-refractivity contribution is -0.119. The number of aryl methyl sites for hydroxylation is 2. The topological polar surface area (TPSA) is 72.9 Å². The summed E-state index contributed by atoms with van der Waals surface area (Å²) in [7, 11) is 0. The quantitative estimate of drug-likeness (QED) is 0.823. The molecule has 0 radical (unpaired) electrons. The number of hydrogen-bond donors (Lipinski definition) is 2. The van der Waals surface area contributed by atoms with E-state index in [0.29, 0.717) is 6.54 Å². The third kappa shape index (κ3) is 4.37. The Morgan fingerprint density at radius 2 is 2.05 bits per heavy atom. The van der Waals surface area contributed by atoms with Gasteiger partial charge in [-0.05, 0) is 25.5 Å². The number of para-hydroxylation sites is 2. The number of aromatic nitrogens is 2. The number of carbonyl (C=O) groups is 1. The molecule has 0 aliphatic rings. The van der Waals surface area contributed by atoms with Crippen molar-refractivity contribution < 1.29 is 4.79 Å². The van der Waals surface area contributed by atoms with E-state index < -0.39 is 0 Å². The predicted molar refractivity (Wildman–Crippen MR) is 85.6 cm³/mol. The molecule has 0 saturated carbocycles. The van der Waals surface area contributed by atoms with Gasteiger partial charge in [-0.15, -0.1) is 24.8 Å². The maximum atomic E-state index is 11.0. The van der Waals surface area contributed by atoms with Crippen LogP contribution in [-0.2, 0) is 11.3 Å². The zero-order valence-electron chi connectivity index (χ0n) is 11.3. The van der Waals surface area contributed by atoms with Crippen LogP contribution in [0.25, 0.3) is 11.0 Å². The summed E-state index contributed by atoms with van der Waals surface area (Å²) in [6.07, 6.45) is 0.868. The van der Waals surface area contributed by atoms with E-state index in [0.717, 1.165) is 29.8 Å². The summed E-state index contributed by atoms with van der Waals surface area (Å²) in [6, 6.07) is 8.07. The van der Waals surface area contributed by atoms with Crippen molar-refractivity contribution >= 4 is 41.8 Å². The molecule has 1 aromatic carbocycles. The maximum absolute atomic E-state index is 11.0. The van der Waals surface area contributed by atoms with Gasteiger partial charge >= 0.3 is 0 Å². The fourth-order valence-electron chi connectivity index (χ4n) is 2.02. The van der Waals surface area contributed by atoms with Crippen LogP contribution in [0.15, 0.2) is 24.3 Å². The minimum Gasteiger partial charge on any atom is -0.355 e. The van der Waals surface area contributed by atoms with Gasteiger partial charge in [0.1, 0.15) is 5.82 Å². The molecule has 1 aromatic heterocycles. The summed E-state index contributed by atoms with van der Waals surface area (Å²) in [5.41, 5.74) is 7.37. The first-order chi connectivity index (χ1) is 8.72. The molecule has 0 saturated heterocycles. The summed E-state index contributed by atoms with van der Waals surface area (Å²) < 4.78 is 2.17. The molecule has 0 atom stereocenters. The van der Waals surface area contributed by atoms with Crippen LogP contribution >= 0.6 is 24.8 Å². The molecule has 0 fully saturated rings. The SMILES string of the molecule is Cc1nc2ccccc2n1CCCNC(=O)CN.Cl.Cl. The Morgan fingerprint density at radius 1 is 1.35 bits per heavy atom. The first kappa shape index (κ1) is 18.7. The number of rotatable bonds is 5. The average Bonchev–Trinajstić information content (AvgIpc) is 2.70. The van der Waals surface area contributed by atoms with Crippen molar-refractivity contribution in [3.05, 3.63) is 30.1 Å². The van der Waals surface area contributed by atoms with Crippen molar-refractivity contribution in [1.29, 1.82) is 0 Å². The second-order valence-electron chi connectivity index (χ2n) is 4.21. The van der Waals surface area contributed by atoms with Crippen LogP contribution in [0.1, 0.15) is 12.2 Å². The normalized spacial score (nSPS) is 9.70. The Labute approximate surface area is 130 Å². The summed E-state index contributed by atoms with van der Waals surface area (Å²) in [5, 5.41) is 2.76. The smallest absolute Gasteiger partial charge is 0.233 e. The molecule has 1 heterocycles. The number of nitrogens with two attached hydrogens (primary N) is 1. The molecule has 2 aromatic rings. The highest BCUT2D eigenvalue weighted by molar-refractivity contribution is 5.85. The van der Waals surface area contributed by atoms with Crippen molar-refractivity contribution in [3.8, 4) is 0 Å². The molecule has 5 nitrogen and oxygen atoms in total. The summed E-state index contributed by atoms with van der Waals surface area (Å²) >= 11 is 0. The molecular weight excluding hydrogens is 299 g/mol. The number of halogens is 2. The Kier molecular flexibility index (Phi) is 8.22. The molecule has 0 aliphatic heterocycles. The van der Waals surface area contributed by atoms with E-state index in [-0.39, 0.29) is 37.3 Å². The highest BCUT2D eigenvalue weighted by Crippen LogP contribution is 2.15. The van der Waals surface area contributed by atoms with Gasteiger partial charge in [0.25, 0.3) is 0 Å². The van der Waals surface area contributed by atoms with Crippen LogP contribution < -0.4 is 11.1 Å². The zero-order valence-corrected chi connectivity index (χ0v) is 13.0. The monoisotopic (exact) mass is 318 g/mol. The van der Waals surface area contributed by atoms with Gasteiger partial charge in [-0.25, -0.2) is 4.98 Å². The van der Waals surface area contributed by atoms with Crippen molar-refractivity contribution in [3.63, 3.8) is 0 Å². The van der Waals surface area contributed by atoms with E-state index in [2.05, 4.69) is 20.9 Å². The molecule has 7 heteroatoms. The van der Waals surface area contributed by atoms with Gasteiger partial charge in [-0.2, -0.15) is 0 Å². The highest BCUT2D eigenvalue weighted by Gasteiger charge is 2.05. The number of amides is 1. The van der Waals surface area contributed by atoms with E-state index in [1.165, 1.54) is 0 Å². The van der Waals surface area contributed by atoms with Crippen LogP contribution in [0, 0.1) is 6.92 Å². The largest absolute Gasteiger partial charge is 0.355 e. The van der Waals surface area contributed by atoms with Gasteiger partial charge in [0.05, 0.1) is 17.6 Å². The van der Waals surface area contributed by atoms with Crippen molar-refractivity contribution in [2.45, 2.75) is 19.9 Å². The molecule has 0 spiro atoms. The van der Waals surface area contributed by atoms with Gasteiger partial charge in [-0.1, -0.05) is 12.1 Å². The lowest BCUT2D eigenvalue weighted by Crippen LogP contribution is -2.31. The molecule has 2 rings (SSSR count). The fraction of sp³-hybridized carbons (Fsp3) is 0.385. The van der Waals surface area contributed by atoms with Gasteiger partial charge in [0.2, 0.25) is 5.91 Å². The van der Waals surface area contributed by atoms with Crippen molar-refractivity contribution in [2.24, 2.45) is 5.73 Å². The van der Waals surface area contributed by atoms with Crippen LogP contribution in [0.2, 0.25) is 0 Å². The van der Waals surface area contributed by atoms with Crippen LogP contribution in [0.3, 0.4) is 0 Å². The third-order valence-corrected chi connectivity index (χ3v) is 2.91. The zero-order chi connectivity index (χ0) is 13.0. The van der Waals surface area contributed by atoms with E-state index in [1.807, 2.05) is 25.1 Å². The van der Waals surface area contributed by atoms with E-state index in [4.69, 9.17) is 5.73 Å². The minimum absolute atomic E-state index is 0. The predicted octanol–water partition coefficient (Wildman–Crippen LogP) is 1.65. The highest BCUT2D eigenvalue weighted by atomic mass is 35.5. The van der Waals surface area contributed by atoms with E-state index in [9.17, 15) is 4.79 Å². The number of fused-ring (bicyclic) bond motifs is 1. The Bertz CT molecular complexity index is 556. The molecule has 0 unspecified atom stereocenters. The summed E-state index contributed by atoms with van der Waals surface area (Å²) in [5.74, 6) is 0.892. The fourth-order valence-corrected chi connectivity index (χ4v) is 2.02. The number of imidazole rings is 1. The first-order valence-electron chi connectivity index (χ1n) is 6.11. The maximum Gasteiger partial charge on any atom is 0.233 e. The lowest BCUT2D eigenvalue weighted by atomic mass is 10.3. The standard InChI is InChI=1S/C13H18N4O.2ClH/c1-10-16-11-5-2-3-6-12(11)17(10)8-4-7-15-13(18)9-14;;/h2-3,5-6H,4,7-9,14H2,1H3,(H,15,18);2*1H. The second kappa shape index (κ2) is 8.79. The van der Waals surface area contributed by atoms with Gasteiger partial charge in [0, 0.05) is 13.1 Å². The molecule has 3 N–H and O–H groups in total. The second-order valence-corrected chi connectivity index (χ2v) is 4.21. The molecular formula is C13H20Cl2N4O. The van der Waals surface area contributed by atoms with Crippen LogP contribution in [-0.4, -0.2) is 28.5 Å². The molecule has 0 bridgehead atoms. The average molecular weight is 319 g/mol. The van der Waals surface area contributed by atoms with Gasteiger partial charge in [-0.3, -0.25) is 4.79 Å². The number of nitrogens with one attached hydrogen (secondary N) is 1. The van der Waals surface area contributed by atoms with Crippen molar-refractivity contribution in [1.82, 2.24) is 14.9 Å². The number of carbonyl (C=O) groups excluding carboxylic acids is 1.